The zero-order valence-corrected chi connectivity index (χ0v) is 14.4. The highest BCUT2D eigenvalue weighted by molar-refractivity contribution is 5.46. The number of rotatable bonds is 6. The molecule has 2 heteroatoms. The summed E-state index contributed by atoms with van der Waals surface area (Å²) >= 11 is 0. The van der Waals surface area contributed by atoms with Crippen LogP contribution in [0.15, 0.2) is 12.1 Å². The predicted molar refractivity (Wildman–Crippen MR) is 90.1 cm³/mol. The first-order chi connectivity index (χ1) is 10.0. The molecule has 0 amide bonds. The third-order valence-corrected chi connectivity index (χ3v) is 5.04. The monoisotopic (exact) mass is 289 g/mol. The van der Waals surface area contributed by atoms with Crippen LogP contribution in [0.3, 0.4) is 0 Å². The van der Waals surface area contributed by atoms with Crippen LogP contribution in [0.5, 0.6) is 5.75 Å². The summed E-state index contributed by atoms with van der Waals surface area (Å²) in [5.41, 5.74) is 4.36. The normalized spacial score (nSPS) is 18.7. The summed E-state index contributed by atoms with van der Waals surface area (Å²) in [6.07, 6.45) is 6.50. The second kappa shape index (κ2) is 6.83. The molecule has 0 bridgehead atoms. The van der Waals surface area contributed by atoms with Crippen molar-refractivity contribution in [1.82, 2.24) is 5.32 Å². The summed E-state index contributed by atoms with van der Waals surface area (Å²) in [6.45, 7) is 10.1. The molecule has 1 atom stereocenters. The summed E-state index contributed by atoms with van der Waals surface area (Å²) < 4.78 is 5.73. The highest BCUT2D eigenvalue weighted by Crippen LogP contribution is 2.49. The lowest BCUT2D eigenvalue weighted by Crippen LogP contribution is -2.35. The summed E-state index contributed by atoms with van der Waals surface area (Å²) in [5.74, 6) is 1.05. The maximum absolute atomic E-state index is 5.73. The van der Waals surface area contributed by atoms with Gasteiger partial charge in [-0.1, -0.05) is 32.8 Å². The van der Waals surface area contributed by atoms with Gasteiger partial charge in [0.15, 0.2) is 0 Å². The lowest BCUT2D eigenvalue weighted by Gasteiger charge is -2.37. The van der Waals surface area contributed by atoms with E-state index in [1.165, 1.54) is 48.8 Å². The Labute approximate surface area is 130 Å². The molecule has 0 aromatic heterocycles. The van der Waals surface area contributed by atoms with Crippen LogP contribution in [-0.2, 0) is 0 Å². The van der Waals surface area contributed by atoms with Crippen molar-refractivity contribution in [3.8, 4) is 5.75 Å². The molecule has 2 rings (SSSR count). The highest BCUT2D eigenvalue weighted by Gasteiger charge is 2.39. The lowest BCUT2D eigenvalue weighted by molar-refractivity contribution is 0.218. The molecule has 2 nitrogen and oxygen atoms in total. The molecule has 0 saturated heterocycles. The van der Waals surface area contributed by atoms with Gasteiger partial charge in [-0.25, -0.2) is 0 Å². The first-order valence-corrected chi connectivity index (χ1v) is 8.40. The van der Waals surface area contributed by atoms with Crippen molar-refractivity contribution in [1.29, 1.82) is 0 Å². The van der Waals surface area contributed by atoms with Crippen LogP contribution in [0.2, 0.25) is 0 Å². The minimum atomic E-state index is 0.350. The van der Waals surface area contributed by atoms with Gasteiger partial charge in [-0.05, 0) is 62.3 Å². The number of methoxy groups -OCH3 is 1. The van der Waals surface area contributed by atoms with Crippen molar-refractivity contribution < 1.29 is 4.74 Å². The maximum atomic E-state index is 5.73. The van der Waals surface area contributed by atoms with Crippen LogP contribution in [0.1, 0.15) is 68.7 Å². The number of hydrogen-bond donors (Lipinski definition) is 1. The first kappa shape index (κ1) is 16.4. The molecule has 1 aliphatic carbocycles. The van der Waals surface area contributed by atoms with Crippen LogP contribution < -0.4 is 10.1 Å². The van der Waals surface area contributed by atoms with E-state index in [9.17, 15) is 0 Å². The van der Waals surface area contributed by atoms with Gasteiger partial charge >= 0.3 is 0 Å². The fourth-order valence-electron chi connectivity index (χ4n) is 3.94. The van der Waals surface area contributed by atoms with Gasteiger partial charge < -0.3 is 10.1 Å². The van der Waals surface area contributed by atoms with Crippen LogP contribution in [0.4, 0.5) is 0 Å². The molecule has 21 heavy (non-hydrogen) atoms. The largest absolute Gasteiger partial charge is 0.496 e. The molecule has 1 aliphatic rings. The Balaban J connectivity index is 2.45. The van der Waals surface area contributed by atoms with Crippen LogP contribution >= 0.6 is 0 Å². The quantitative estimate of drug-likeness (QED) is 0.801. The van der Waals surface area contributed by atoms with Gasteiger partial charge in [0.2, 0.25) is 0 Å². The molecule has 1 aromatic carbocycles. The molecule has 0 radical (unpaired) electrons. The standard InChI is InChI=1S/C19H31NO/c1-6-11-20-18(19(4)9-7-8-10-19)17-15(3)12-14(2)13-16(17)21-5/h12-13,18,20H,6-11H2,1-5H3. The molecule has 1 saturated carbocycles. The van der Waals surface area contributed by atoms with E-state index in [1.54, 1.807) is 7.11 Å². The highest BCUT2D eigenvalue weighted by atomic mass is 16.5. The molecule has 118 valence electrons. The van der Waals surface area contributed by atoms with Crippen LogP contribution in [0.25, 0.3) is 0 Å². The Bertz CT molecular complexity index is 475. The zero-order valence-electron chi connectivity index (χ0n) is 14.4. The third-order valence-electron chi connectivity index (χ3n) is 5.04. The van der Waals surface area contributed by atoms with E-state index in [2.05, 4.69) is 45.1 Å². The fourth-order valence-corrected chi connectivity index (χ4v) is 3.94. The van der Waals surface area contributed by atoms with E-state index in [-0.39, 0.29) is 0 Å². The molecule has 1 unspecified atom stereocenters. The second-order valence-corrected chi connectivity index (χ2v) is 6.95. The number of aryl methyl sites for hydroxylation is 2. The van der Waals surface area contributed by atoms with Gasteiger partial charge in [0.25, 0.3) is 0 Å². The van der Waals surface area contributed by atoms with E-state index in [4.69, 9.17) is 4.74 Å². The van der Waals surface area contributed by atoms with Crippen molar-refractivity contribution in [2.75, 3.05) is 13.7 Å². The van der Waals surface area contributed by atoms with Crippen LogP contribution in [0, 0.1) is 19.3 Å². The average molecular weight is 289 g/mol. The smallest absolute Gasteiger partial charge is 0.124 e. The summed E-state index contributed by atoms with van der Waals surface area (Å²) in [5, 5.41) is 3.82. The molecule has 0 heterocycles. The van der Waals surface area contributed by atoms with Crippen LogP contribution in [-0.4, -0.2) is 13.7 Å². The van der Waals surface area contributed by atoms with Gasteiger partial charge in [0, 0.05) is 11.6 Å². The van der Waals surface area contributed by atoms with Gasteiger partial charge in [-0.15, -0.1) is 0 Å². The predicted octanol–water partition coefficient (Wildman–Crippen LogP) is 4.93. The Morgan fingerprint density at radius 1 is 1.24 bits per heavy atom. The topological polar surface area (TPSA) is 21.3 Å². The molecule has 1 N–H and O–H groups in total. The second-order valence-electron chi connectivity index (χ2n) is 6.95. The number of hydrogen-bond acceptors (Lipinski definition) is 2. The van der Waals surface area contributed by atoms with E-state index in [1.807, 2.05) is 0 Å². The van der Waals surface area contributed by atoms with Crippen molar-refractivity contribution in [2.45, 2.75) is 65.8 Å². The maximum Gasteiger partial charge on any atom is 0.124 e. The molecule has 0 aliphatic heterocycles. The SMILES string of the molecule is CCCNC(c1c(C)cc(C)cc1OC)C1(C)CCCC1. The van der Waals surface area contributed by atoms with E-state index in [0.717, 1.165) is 12.3 Å². The number of ether oxygens (including phenoxy) is 1. The Kier molecular flexibility index (Phi) is 5.32. The summed E-state index contributed by atoms with van der Waals surface area (Å²) in [7, 11) is 1.80. The van der Waals surface area contributed by atoms with Gasteiger partial charge in [0.05, 0.1) is 7.11 Å². The third kappa shape index (κ3) is 3.42. The van der Waals surface area contributed by atoms with E-state index in [0.29, 0.717) is 11.5 Å². The minimum Gasteiger partial charge on any atom is -0.496 e. The Morgan fingerprint density at radius 2 is 1.90 bits per heavy atom. The molecular weight excluding hydrogens is 258 g/mol. The zero-order chi connectivity index (χ0) is 15.5. The van der Waals surface area contributed by atoms with E-state index >= 15 is 0 Å². The van der Waals surface area contributed by atoms with Gasteiger partial charge in [-0.3, -0.25) is 0 Å². The average Bonchev–Trinajstić information content (AvgIpc) is 2.88. The lowest BCUT2D eigenvalue weighted by atomic mass is 9.75. The summed E-state index contributed by atoms with van der Waals surface area (Å²) in [6, 6.07) is 4.87. The summed E-state index contributed by atoms with van der Waals surface area (Å²) in [4.78, 5) is 0. The van der Waals surface area contributed by atoms with Gasteiger partial charge in [-0.2, -0.15) is 0 Å². The van der Waals surface area contributed by atoms with Crippen molar-refractivity contribution in [2.24, 2.45) is 5.41 Å². The molecule has 1 aromatic rings. The Morgan fingerprint density at radius 3 is 2.48 bits per heavy atom. The molecule has 1 fully saturated rings. The number of nitrogens with one attached hydrogen (secondary N) is 1. The van der Waals surface area contributed by atoms with Crippen molar-refractivity contribution in [3.05, 3.63) is 28.8 Å². The fraction of sp³-hybridized carbons (Fsp3) is 0.684. The number of benzene rings is 1. The minimum absolute atomic E-state index is 0.350. The first-order valence-electron chi connectivity index (χ1n) is 8.40. The molecule has 0 spiro atoms. The van der Waals surface area contributed by atoms with Crippen molar-refractivity contribution >= 4 is 0 Å². The molecular formula is C19H31NO. The van der Waals surface area contributed by atoms with Gasteiger partial charge in [0.1, 0.15) is 5.75 Å². The van der Waals surface area contributed by atoms with Crippen molar-refractivity contribution in [3.63, 3.8) is 0 Å². The van der Waals surface area contributed by atoms with E-state index < -0.39 is 0 Å². The Hall–Kier alpha value is -1.02.